The van der Waals surface area contributed by atoms with E-state index in [0.717, 1.165) is 32.1 Å². The molecule has 0 aliphatic carbocycles. The maximum atomic E-state index is 14.1. The topological polar surface area (TPSA) is 65.6 Å². The number of allylic oxidation sites excluding steroid dienone is 1. The van der Waals surface area contributed by atoms with Crippen LogP contribution in [0.1, 0.15) is 42.1 Å². The summed E-state index contributed by atoms with van der Waals surface area (Å²) in [5.74, 6) is -0.454. The van der Waals surface area contributed by atoms with Crippen molar-refractivity contribution in [2.24, 2.45) is 4.99 Å². The first-order chi connectivity index (χ1) is 19.8. The largest absolute Gasteiger partial charge is 0.463 e. The van der Waals surface area contributed by atoms with Crippen LogP contribution in [-0.2, 0) is 16.1 Å². The molecule has 6 nitrogen and oxygen atoms in total. The lowest BCUT2D eigenvalue weighted by atomic mass is 9.95. The van der Waals surface area contributed by atoms with E-state index in [0.29, 0.717) is 27.1 Å². The third kappa shape index (κ3) is 5.13. The molecule has 206 valence electrons. The lowest BCUT2D eigenvalue weighted by Gasteiger charge is -2.24. The number of aromatic nitrogens is 2. The molecular weight excluding hydrogens is 598 g/mol. The van der Waals surface area contributed by atoms with Crippen molar-refractivity contribution in [3.63, 3.8) is 0 Å². The number of para-hydroxylation sites is 1. The van der Waals surface area contributed by atoms with Crippen LogP contribution in [0.15, 0.2) is 105 Å². The molecule has 1 atom stereocenters. The number of carbonyl (C=O) groups is 1. The number of aryl methyl sites for hydroxylation is 1. The zero-order valence-corrected chi connectivity index (χ0v) is 25.3. The maximum Gasteiger partial charge on any atom is 0.338 e. The molecule has 8 heteroatoms. The van der Waals surface area contributed by atoms with Crippen LogP contribution in [-0.4, -0.2) is 21.7 Å². The van der Waals surface area contributed by atoms with E-state index < -0.39 is 12.0 Å². The van der Waals surface area contributed by atoms with Gasteiger partial charge in [0, 0.05) is 33.7 Å². The van der Waals surface area contributed by atoms with E-state index in [1.807, 2.05) is 61.5 Å². The summed E-state index contributed by atoms with van der Waals surface area (Å²) in [6.07, 6.45) is 4.04. The Bertz CT molecular complexity index is 2000. The van der Waals surface area contributed by atoms with Gasteiger partial charge < -0.3 is 9.30 Å². The summed E-state index contributed by atoms with van der Waals surface area (Å²) in [5.41, 5.74) is 5.93. The summed E-state index contributed by atoms with van der Waals surface area (Å²) in [4.78, 5) is 32.5. The average molecular weight is 627 g/mol. The number of esters is 1. The van der Waals surface area contributed by atoms with Crippen LogP contribution in [0.25, 0.3) is 17.0 Å². The quantitative estimate of drug-likeness (QED) is 0.222. The molecule has 3 heterocycles. The molecule has 0 unspecified atom stereocenters. The summed E-state index contributed by atoms with van der Waals surface area (Å²) >= 11 is 4.85. The first-order valence-corrected chi connectivity index (χ1v) is 15.0. The van der Waals surface area contributed by atoms with Crippen molar-refractivity contribution >= 4 is 50.2 Å². The number of thiazole rings is 1. The highest BCUT2D eigenvalue weighted by molar-refractivity contribution is 9.10. The average Bonchev–Trinajstić information content (AvgIpc) is 3.46. The SMILES string of the molecule is CCOC(=O)C1=C(C)N=c2s/c(=C\c3cn(Cc4ccc(Br)cc4)c4ccccc34)c(=O)n2[C@@H]1c1ccc(C)cc1. The molecule has 2 aromatic heterocycles. The van der Waals surface area contributed by atoms with Gasteiger partial charge in [-0.15, -0.1) is 0 Å². The summed E-state index contributed by atoms with van der Waals surface area (Å²) in [5, 5.41) is 1.06. The van der Waals surface area contributed by atoms with Crippen molar-refractivity contribution in [3.8, 4) is 0 Å². The molecule has 0 fully saturated rings. The van der Waals surface area contributed by atoms with E-state index in [-0.39, 0.29) is 12.2 Å². The fourth-order valence-electron chi connectivity index (χ4n) is 5.30. The van der Waals surface area contributed by atoms with Crippen molar-refractivity contribution in [1.82, 2.24) is 9.13 Å². The molecule has 3 aromatic carbocycles. The Labute approximate surface area is 249 Å². The second kappa shape index (κ2) is 11.1. The van der Waals surface area contributed by atoms with E-state index in [9.17, 15) is 9.59 Å². The van der Waals surface area contributed by atoms with Crippen molar-refractivity contribution in [2.45, 2.75) is 33.4 Å². The first-order valence-electron chi connectivity index (χ1n) is 13.4. The molecule has 41 heavy (non-hydrogen) atoms. The minimum atomic E-state index is -0.619. The number of ether oxygens (including phenoxy) is 1. The van der Waals surface area contributed by atoms with Gasteiger partial charge >= 0.3 is 5.97 Å². The van der Waals surface area contributed by atoms with Crippen LogP contribution < -0.4 is 14.9 Å². The first kappa shape index (κ1) is 27.2. The standard InChI is InChI=1S/C33H28BrN3O3S/c1-4-40-32(39)29-21(3)35-33-37(30(29)23-13-9-20(2)10-14-23)31(38)28(41-33)17-24-19-36(27-8-6-5-7-26(24)27)18-22-11-15-25(34)16-12-22/h5-17,19,30H,4,18H2,1-3H3/b28-17-/t30-/m1/s1. The molecule has 6 rings (SSSR count). The van der Waals surface area contributed by atoms with Gasteiger partial charge in [-0.05, 0) is 56.2 Å². The number of nitrogens with zero attached hydrogens (tertiary/aromatic N) is 3. The van der Waals surface area contributed by atoms with Crippen molar-refractivity contribution < 1.29 is 9.53 Å². The predicted molar refractivity (Wildman–Crippen MR) is 167 cm³/mol. The zero-order valence-electron chi connectivity index (χ0n) is 22.9. The zero-order chi connectivity index (χ0) is 28.7. The molecule has 0 bridgehead atoms. The second-order valence-electron chi connectivity index (χ2n) is 10.1. The molecule has 0 saturated carbocycles. The number of benzene rings is 3. The molecule has 5 aromatic rings. The highest BCUT2D eigenvalue weighted by Crippen LogP contribution is 2.31. The monoisotopic (exact) mass is 625 g/mol. The fourth-order valence-corrected chi connectivity index (χ4v) is 6.61. The molecule has 1 aliphatic rings. The van der Waals surface area contributed by atoms with Gasteiger partial charge in [-0.25, -0.2) is 9.79 Å². The van der Waals surface area contributed by atoms with Crippen molar-refractivity contribution in [3.05, 3.63) is 137 Å². The minimum Gasteiger partial charge on any atom is -0.463 e. The molecular formula is C33H28BrN3O3S. The van der Waals surface area contributed by atoms with Crippen LogP contribution in [0.5, 0.6) is 0 Å². The Balaban J connectivity index is 1.51. The number of rotatable bonds is 6. The van der Waals surface area contributed by atoms with E-state index in [1.54, 1.807) is 18.4 Å². The molecule has 0 N–H and O–H groups in total. The maximum absolute atomic E-state index is 14.1. The second-order valence-corrected chi connectivity index (χ2v) is 12.0. The fraction of sp³-hybridized carbons (Fsp3) is 0.182. The van der Waals surface area contributed by atoms with E-state index in [4.69, 9.17) is 9.73 Å². The number of hydrogen-bond donors (Lipinski definition) is 0. The Hall–Kier alpha value is -4.01. The molecule has 0 spiro atoms. The molecule has 1 aliphatic heterocycles. The van der Waals surface area contributed by atoms with Gasteiger partial charge in [-0.3, -0.25) is 9.36 Å². The third-order valence-electron chi connectivity index (χ3n) is 7.28. The normalized spacial score (nSPS) is 15.2. The summed E-state index contributed by atoms with van der Waals surface area (Å²) in [7, 11) is 0. The van der Waals surface area contributed by atoms with Gasteiger partial charge in [0.05, 0.1) is 28.5 Å². The van der Waals surface area contributed by atoms with Gasteiger partial charge in [0.25, 0.3) is 5.56 Å². The van der Waals surface area contributed by atoms with E-state index in [1.165, 1.54) is 16.9 Å². The van der Waals surface area contributed by atoms with Crippen LogP contribution in [0.2, 0.25) is 0 Å². The summed E-state index contributed by atoms with van der Waals surface area (Å²) < 4.78 is 10.9. The van der Waals surface area contributed by atoms with Gasteiger partial charge in [0.15, 0.2) is 4.80 Å². The Morgan fingerprint density at radius 3 is 2.51 bits per heavy atom. The molecule has 0 amide bonds. The van der Waals surface area contributed by atoms with Crippen LogP contribution >= 0.6 is 27.3 Å². The molecule has 0 saturated heterocycles. The molecule has 0 radical (unpaired) electrons. The third-order valence-corrected chi connectivity index (χ3v) is 8.79. The number of carbonyl (C=O) groups excluding carboxylic acids is 1. The van der Waals surface area contributed by atoms with Crippen molar-refractivity contribution in [2.75, 3.05) is 6.61 Å². The van der Waals surface area contributed by atoms with E-state index >= 15 is 0 Å². The Kier molecular flexibility index (Phi) is 7.36. The summed E-state index contributed by atoms with van der Waals surface area (Å²) in [6, 6.07) is 23.8. The lowest BCUT2D eigenvalue weighted by Crippen LogP contribution is -2.39. The summed E-state index contributed by atoms with van der Waals surface area (Å²) in [6.45, 7) is 6.54. The number of hydrogen-bond acceptors (Lipinski definition) is 5. The van der Waals surface area contributed by atoms with Gasteiger partial charge in [0.2, 0.25) is 0 Å². The van der Waals surface area contributed by atoms with E-state index in [2.05, 4.69) is 51.0 Å². The highest BCUT2D eigenvalue weighted by Gasteiger charge is 2.33. The number of halogens is 1. The smallest absolute Gasteiger partial charge is 0.338 e. The van der Waals surface area contributed by atoms with Gasteiger partial charge in [-0.2, -0.15) is 0 Å². The van der Waals surface area contributed by atoms with Crippen molar-refractivity contribution in [1.29, 1.82) is 0 Å². The lowest BCUT2D eigenvalue weighted by molar-refractivity contribution is -0.139. The predicted octanol–water partition coefficient (Wildman–Crippen LogP) is 5.87. The Morgan fingerprint density at radius 2 is 1.78 bits per heavy atom. The number of fused-ring (bicyclic) bond motifs is 2. The Morgan fingerprint density at radius 1 is 1.05 bits per heavy atom. The van der Waals surface area contributed by atoms with Crippen LogP contribution in [0.3, 0.4) is 0 Å². The van der Waals surface area contributed by atoms with Crippen LogP contribution in [0, 0.1) is 6.92 Å². The van der Waals surface area contributed by atoms with Crippen LogP contribution in [0.4, 0.5) is 0 Å². The van der Waals surface area contributed by atoms with Gasteiger partial charge in [-0.1, -0.05) is 87.4 Å². The van der Waals surface area contributed by atoms with Gasteiger partial charge in [0.1, 0.15) is 0 Å². The minimum absolute atomic E-state index is 0.182. The highest BCUT2D eigenvalue weighted by atomic mass is 79.9.